The summed E-state index contributed by atoms with van der Waals surface area (Å²) >= 11 is 0. The van der Waals surface area contributed by atoms with Crippen molar-refractivity contribution in [2.45, 2.75) is 32.5 Å². The molecule has 0 aliphatic carbocycles. The highest BCUT2D eigenvalue weighted by Gasteiger charge is 2.20. The summed E-state index contributed by atoms with van der Waals surface area (Å²) in [6.07, 6.45) is 3.38. The van der Waals surface area contributed by atoms with E-state index in [0.29, 0.717) is 0 Å². The lowest BCUT2D eigenvalue weighted by atomic mass is 10.0. The van der Waals surface area contributed by atoms with Gasteiger partial charge < -0.3 is 5.11 Å². The van der Waals surface area contributed by atoms with Crippen LogP contribution in [0.2, 0.25) is 0 Å². The molecule has 0 spiro atoms. The molecule has 2 rings (SSSR count). The first-order valence-corrected chi connectivity index (χ1v) is 6.90. The second kappa shape index (κ2) is 6.20. The summed E-state index contributed by atoms with van der Waals surface area (Å²) in [5, 5.41) is 14.6. The Labute approximate surface area is 120 Å². The number of aromatic nitrogens is 2. The van der Waals surface area contributed by atoms with Crippen LogP contribution in [0.3, 0.4) is 0 Å². The summed E-state index contributed by atoms with van der Waals surface area (Å²) in [4.78, 5) is 2.14. The van der Waals surface area contributed by atoms with Crippen LogP contribution >= 0.6 is 0 Å². The third kappa shape index (κ3) is 3.46. The molecule has 0 aliphatic heterocycles. The maximum absolute atomic E-state index is 10.5. The summed E-state index contributed by atoms with van der Waals surface area (Å²) in [6, 6.07) is 8.10. The van der Waals surface area contributed by atoms with Crippen molar-refractivity contribution in [3.05, 3.63) is 53.3 Å². The highest BCUT2D eigenvalue weighted by Crippen LogP contribution is 2.21. The molecule has 0 saturated carbocycles. The first kappa shape index (κ1) is 14.8. The minimum atomic E-state index is -0.489. The standard InChI is InChI=1S/C16H23N3O/c1-12-5-7-15(8-6-12)16(20)13(2)18(3)10-14-9-17-19(4)11-14/h5-9,11,13,16,20H,10H2,1-4H3. The summed E-state index contributed by atoms with van der Waals surface area (Å²) in [5.41, 5.74) is 3.32. The Morgan fingerprint density at radius 1 is 1.30 bits per heavy atom. The molecule has 0 aliphatic rings. The Bertz CT molecular complexity index is 547. The van der Waals surface area contributed by atoms with Crippen LogP contribution in [0.1, 0.15) is 29.7 Å². The minimum Gasteiger partial charge on any atom is -0.387 e. The van der Waals surface area contributed by atoms with Gasteiger partial charge in [-0.2, -0.15) is 5.10 Å². The Hall–Kier alpha value is -1.65. The molecule has 4 heteroatoms. The van der Waals surface area contributed by atoms with Crippen molar-refractivity contribution < 1.29 is 5.11 Å². The molecular weight excluding hydrogens is 250 g/mol. The largest absolute Gasteiger partial charge is 0.387 e. The number of hydrogen-bond donors (Lipinski definition) is 1. The molecule has 0 amide bonds. The topological polar surface area (TPSA) is 41.3 Å². The highest BCUT2D eigenvalue weighted by atomic mass is 16.3. The van der Waals surface area contributed by atoms with E-state index in [1.54, 1.807) is 4.68 Å². The number of rotatable bonds is 5. The van der Waals surface area contributed by atoms with Crippen LogP contribution in [0.25, 0.3) is 0 Å². The molecule has 0 fully saturated rings. The second-order valence-electron chi connectivity index (χ2n) is 5.53. The van der Waals surface area contributed by atoms with Gasteiger partial charge in [-0.1, -0.05) is 29.8 Å². The van der Waals surface area contributed by atoms with Gasteiger partial charge in [0.05, 0.1) is 12.3 Å². The Kier molecular flexibility index (Phi) is 4.57. The van der Waals surface area contributed by atoms with Gasteiger partial charge in [0.25, 0.3) is 0 Å². The smallest absolute Gasteiger partial charge is 0.0942 e. The van der Waals surface area contributed by atoms with Crippen molar-refractivity contribution in [3.63, 3.8) is 0 Å². The zero-order chi connectivity index (χ0) is 14.7. The zero-order valence-corrected chi connectivity index (χ0v) is 12.6. The molecule has 1 aromatic carbocycles. The van der Waals surface area contributed by atoms with E-state index in [1.165, 1.54) is 5.56 Å². The lowest BCUT2D eigenvalue weighted by Crippen LogP contribution is -2.33. The normalized spacial score (nSPS) is 14.5. The SMILES string of the molecule is Cc1ccc(C(O)C(C)N(C)Cc2cnn(C)c2)cc1. The quantitative estimate of drug-likeness (QED) is 0.908. The van der Waals surface area contributed by atoms with E-state index in [1.807, 2.05) is 64.6 Å². The van der Waals surface area contributed by atoms with E-state index >= 15 is 0 Å². The van der Waals surface area contributed by atoms with Gasteiger partial charge in [-0.05, 0) is 26.5 Å². The fourth-order valence-electron chi connectivity index (χ4n) is 2.27. The van der Waals surface area contributed by atoms with Crippen molar-refractivity contribution in [1.82, 2.24) is 14.7 Å². The molecule has 0 radical (unpaired) electrons. The molecule has 2 aromatic rings. The van der Waals surface area contributed by atoms with Gasteiger partial charge in [-0.25, -0.2) is 0 Å². The molecule has 2 atom stereocenters. The molecule has 1 aromatic heterocycles. The van der Waals surface area contributed by atoms with E-state index in [9.17, 15) is 5.11 Å². The molecule has 1 N–H and O–H groups in total. The van der Waals surface area contributed by atoms with Crippen molar-refractivity contribution in [3.8, 4) is 0 Å². The van der Waals surface area contributed by atoms with E-state index < -0.39 is 6.10 Å². The Morgan fingerprint density at radius 3 is 2.50 bits per heavy atom. The molecular formula is C16H23N3O. The second-order valence-corrected chi connectivity index (χ2v) is 5.53. The molecule has 4 nitrogen and oxygen atoms in total. The van der Waals surface area contributed by atoms with E-state index in [0.717, 1.165) is 17.7 Å². The molecule has 0 bridgehead atoms. The average Bonchev–Trinajstić information content (AvgIpc) is 2.83. The molecule has 2 unspecified atom stereocenters. The first-order chi connectivity index (χ1) is 9.47. The predicted octanol–water partition coefficient (Wildman–Crippen LogP) is 2.28. The van der Waals surface area contributed by atoms with E-state index in [-0.39, 0.29) is 6.04 Å². The number of nitrogens with zero attached hydrogens (tertiary/aromatic N) is 3. The summed E-state index contributed by atoms with van der Waals surface area (Å²) in [6.45, 7) is 4.87. The number of benzene rings is 1. The van der Waals surface area contributed by atoms with Gasteiger partial charge in [0, 0.05) is 31.4 Å². The Morgan fingerprint density at radius 2 is 1.95 bits per heavy atom. The molecule has 108 valence electrons. The summed E-state index contributed by atoms with van der Waals surface area (Å²) in [7, 11) is 3.93. The van der Waals surface area contributed by atoms with Crippen LogP contribution in [0.4, 0.5) is 0 Å². The minimum absolute atomic E-state index is 0.0397. The number of hydrogen-bond acceptors (Lipinski definition) is 3. The van der Waals surface area contributed by atoms with Gasteiger partial charge in [-0.15, -0.1) is 0 Å². The summed E-state index contributed by atoms with van der Waals surface area (Å²) in [5.74, 6) is 0. The maximum Gasteiger partial charge on any atom is 0.0942 e. The monoisotopic (exact) mass is 273 g/mol. The van der Waals surface area contributed by atoms with Gasteiger partial charge in [0.15, 0.2) is 0 Å². The highest BCUT2D eigenvalue weighted by molar-refractivity contribution is 5.24. The number of aliphatic hydroxyl groups is 1. The van der Waals surface area contributed by atoms with Crippen molar-refractivity contribution in [2.24, 2.45) is 7.05 Å². The van der Waals surface area contributed by atoms with Crippen molar-refractivity contribution >= 4 is 0 Å². The summed E-state index contributed by atoms with van der Waals surface area (Å²) < 4.78 is 1.80. The molecule has 0 saturated heterocycles. The van der Waals surface area contributed by atoms with Gasteiger partial charge >= 0.3 is 0 Å². The fourth-order valence-corrected chi connectivity index (χ4v) is 2.27. The maximum atomic E-state index is 10.5. The van der Waals surface area contributed by atoms with Crippen LogP contribution in [0, 0.1) is 6.92 Å². The van der Waals surface area contributed by atoms with Crippen molar-refractivity contribution in [1.29, 1.82) is 0 Å². The lowest BCUT2D eigenvalue weighted by molar-refractivity contribution is 0.0688. The third-order valence-corrected chi connectivity index (χ3v) is 3.76. The van der Waals surface area contributed by atoms with Crippen LogP contribution in [0.15, 0.2) is 36.7 Å². The fraction of sp³-hybridized carbons (Fsp3) is 0.438. The van der Waals surface area contributed by atoms with Crippen molar-refractivity contribution in [2.75, 3.05) is 7.05 Å². The molecule has 20 heavy (non-hydrogen) atoms. The van der Waals surface area contributed by atoms with Crippen LogP contribution in [-0.2, 0) is 13.6 Å². The van der Waals surface area contributed by atoms with Crippen LogP contribution < -0.4 is 0 Å². The number of aliphatic hydroxyl groups excluding tert-OH is 1. The first-order valence-electron chi connectivity index (χ1n) is 6.90. The molecule has 1 heterocycles. The van der Waals surface area contributed by atoms with E-state index in [4.69, 9.17) is 0 Å². The predicted molar refractivity (Wildman–Crippen MR) is 80.3 cm³/mol. The Balaban J connectivity index is 2.02. The van der Waals surface area contributed by atoms with E-state index in [2.05, 4.69) is 10.00 Å². The number of aryl methyl sites for hydroxylation is 2. The third-order valence-electron chi connectivity index (χ3n) is 3.76. The average molecular weight is 273 g/mol. The zero-order valence-electron chi connectivity index (χ0n) is 12.6. The van der Waals surface area contributed by atoms with Crippen LogP contribution in [-0.4, -0.2) is 32.9 Å². The lowest BCUT2D eigenvalue weighted by Gasteiger charge is -2.28. The van der Waals surface area contributed by atoms with Gasteiger partial charge in [0.2, 0.25) is 0 Å². The van der Waals surface area contributed by atoms with Gasteiger partial charge in [0.1, 0.15) is 0 Å². The van der Waals surface area contributed by atoms with Gasteiger partial charge in [-0.3, -0.25) is 9.58 Å². The van der Waals surface area contributed by atoms with Crippen LogP contribution in [0.5, 0.6) is 0 Å². The number of likely N-dealkylation sites (N-methyl/N-ethyl adjacent to an activating group) is 1.